The summed E-state index contributed by atoms with van der Waals surface area (Å²) in [5.41, 5.74) is 0.667. The van der Waals surface area contributed by atoms with E-state index in [1.807, 2.05) is 29.6 Å². The van der Waals surface area contributed by atoms with Gasteiger partial charge < -0.3 is 10.1 Å². The third kappa shape index (κ3) is 5.27. The predicted octanol–water partition coefficient (Wildman–Crippen LogP) is 1.54. The zero-order valence-electron chi connectivity index (χ0n) is 9.82. The maximum atomic E-state index is 11.1. The Bertz CT molecular complexity index is 250. The van der Waals surface area contributed by atoms with E-state index in [4.69, 9.17) is 0 Å². The number of esters is 1. The van der Waals surface area contributed by atoms with Gasteiger partial charge in [-0.3, -0.25) is 0 Å². The molecule has 1 rings (SSSR count). The van der Waals surface area contributed by atoms with Crippen molar-refractivity contribution in [3.8, 4) is 0 Å². The Labute approximate surface area is 106 Å². The number of rotatable bonds is 5. The summed E-state index contributed by atoms with van der Waals surface area (Å²) in [5, 5.41) is 4.06. The standard InChI is InChI=1S/C11H19NO2S2/c1-9(11(13)14-2)3-4-12-7-10-8-15-5-6-16-10/h3,10,12H,4-8H2,1-2H3. The van der Waals surface area contributed by atoms with Gasteiger partial charge in [0.05, 0.1) is 7.11 Å². The van der Waals surface area contributed by atoms with E-state index in [-0.39, 0.29) is 5.97 Å². The van der Waals surface area contributed by atoms with E-state index in [1.54, 1.807) is 6.92 Å². The monoisotopic (exact) mass is 261 g/mol. The Balaban J connectivity index is 2.12. The molecule has 1 saturated heterocycles. The number of carbonyl (C=O) groups excluding carboxylic acids is 1. The molecule has 92 valence electrons. The summed E-state index contributed by atoms with van der Waals surface area (Å²) >= 11 is 4.06. The van der Waals surface area contributed by atoms with Crippen molar-refractivity contribution in [2.75, 3.05) is 37.5 Å². The highest BCUT2D eigenvalue weighted by Gasteiger charge is 2.13. The molecule has 1 unspecified atom stereocenters. The normalized spacial score (nSPS) is 21.9. The summed E-state index contributed by atoms with van der Waals surface area (Å²) in [6.07, 6.45) is 1.88. The molecule has 0 radical (unpaired) electrons. The second kappa shape index (κ2) is 8.03. The summed E-state index contributed by atoms with van der Waals surface area (Å²) in [7, 11) is 1.41. The molecular formula is C11H19NO2S2. The second-order valence-corrected chi connectivity index (χ2v) is 6.16. The molecule has 1 atom stereocenters. The minimum absolute atomic E-state index is 0.246. The highest BCUT2D eigenvalue weighted by Crippen LogP contribution is 2.23. The minimum atomic E-state index is -0.246. The third-order valence-electron chi connectivity index (χ3n) is 2.32. The lowest BCUT2D eigenvalue weighted by Crippen LogP contribution is -2.29. The summed E-state index contributed by atoms with van der Waals surface area (Å²) in [4.78, 5) is 11.1. The fourth-order valence-corrected chi connectivity index (χ4v) is 4.01. The smallest absolute Gasteiger partial charge is 0.333 e. The first-order valence-electron chi connectivity index (χ1n) is 5.39. The molecule has 16 heavy (non-hydrogen) atoms. The van der Waals surface area contributed by atoms with E-state index in [2.05, 4.69) is 10.1 Å². The molecule has 1 aliphatic rings. The SMILES string of the molecule is COC(=O)C(C)=CCNCC1CSCCS1. The van der Waals surface area contributed by atoms with Crippen molar-refractivity contribution in [1.82, 2.24) is 5.32 Å². The van der Waals surface area contributed by atoms with E-state index >= 15 is 0 Å². The molecule has 1 aliphatic heterocycles. The number of methoxy groups -OCH3 is 1. The van der Waals surface area contributed by atoms with Gasteiger partial charge in [0.1, 0.15) is 0 Å². The summed E-state index contributed by atoms with van der Waals surface area (Å²) < 4.78 is 4.62. The number of carbonyl (C=O) groups is 1. The Morgan fingerprint density at radius 2 is 2.38 bits per heavy atom. The summed E-state index contributed by atoms with van der Waals surface area (Å²) in [6, 6.07) is 0. The van der Waals surface area contributed by atoms with Crippen LogP contribution in [-0.2, 0) is 9.53 Å². The van der Waals surface area contributed by atoms with Gasteiger partial charge in [0, 0.05) is 41.2 Å². The van der Waals surface area contributed by atoms with Crippen LogP contribution in [0.25, 0.3) is 0 Å². The van der Waals surface area contributed by atoms with Crippen LogP contribution in [0.2, 0.25) is 0 Å². The van der Waals surface area contributed by atoms with E-state index < -0.39 is 0 Å². The molecule has 0 aromatic rings. The molecule has 0 aliphatic carbocycles. The number of ether oxygens (including phenoxy) is 1. The topological polar surface area (TPSA) is 38.3 Å². The molecule has 1 fully saturated rings. The quantitative estimate of drug-likeness (QED) is 0.462. The first-order valence-corrected chi connectivity index (χ1v) is 7.59. The lowest BCUT2D eigenvalue weighted by atomic mass is 10.3. The van der Waals surface area contributed by atoms with Crippen molar-refractivity contribution in [2.24, 2.45) is 0 Å². The van der Waals surface area contributed by atoms with Crippen LogP contribution in [0.15, 0.2) is 11.6 Å². The van der Waals surface area contributed by atoms with E-state index in [1.165, 1.54) is 24.4 Å². The van der Waals surface area contributed by atoms with Gasteiger partial charge >= 0.3 is 5.97 Å². The van der Waals surface area contributed by atoms with Crippen molar-refractivity contribution in [2.45, 2.75) is 12.2 Å². The van der Waals surface area contributed by atoms with Crippen LogP contribution in [0.1, 0.15) is 6.92 Å². The van der Waals surface area contributed by atoms with Gasteiger partial charge in [0.2, 0.25) is 0 Å². The maximum absolute atomic E-state index is 11.1. The van der Waals surface area contributed by atoms with E-state index in [0.717, 1.165) is 13.1 Å². The van der Waals surface area contributed by atoms with Gasteiger partial charge in [-0.25, -0.2) is 4.79 Å². The largest absolute Gasteiger partial charge is 0.466 e. The van der Waals surface area contributed by atoms with Crippen LogP contribution in [-0.4, -0.2) is 48.7 Å². The van der Waals surface area contributed by atoms with Crippen LogP contribution in [0.3, 0.4) is 0 Å². The average molecular weight is 261 g/mol. The van der Waals surface area contributed by atoms with Crippen molar-refractivity contribution in [3.63, 3.8) is 0 Å². The molecule has 5 heteroatoms. The van der Waals surface area contributed by atoms with E-state index in [9.17, 15) is 4.79 Å². The van der Waals surface area contributed by atoms with E-state index in [0.29, 0.717) is 10.8 Å². The molecule has 1 N–H and O–H groups in total. The molecule has 1 heterocycles. The zero-order valence-corrected chi connectivity index (χ0v) is 11.5. The van der Waals surface area contributed by atoms with Crippen LogP contribution in [0.4, 0.5) is 0 Å². The molecule has 3 nitrogen and oxygen atoms in total. The fraction of sp³-hybridized carbons (Fsp3) is 0.727. The van der Waals surface area contributed by atoms with Gasteiger partial charge in [-0.15, -0.1) is 0 Å². The lowest BCUT2D eigenvalue weighted by Gasteiger charge is -2.20. The zero-order chi connectivity index (χ0) is 11.8. The molecular weight excluding hydrogens is 242 g/mol. The average Bonchev–Trinajstić information content (AvgIpc) is 2.34. The van der Waals surface area contributed by atoms with Crippen molar-refractivity contribution < 1.29 is 9.53 Å². The van der Waals surface area contributed by atoms with Gasteiger partial charge in [-0.1, -0.05) is 6.08 Å². The number of thioether (sulfide) groups is 2. The molecule has 0 amide bonds. The second-order valence-electron chi connectivity index (χ2n) is 3.60. The fourth-order valence-electron chi connectivity index (χ4n) is 1.37. The van der Waals surface area contributed by atoms with Crippen molar-refractivity contribution in [3.05, 3.63) is 11.6 Å². The molecule has 0 aromatic carbocycles. The Morgan fingerprint density at radius 1 is 1.56 bits per heavy atom. The summed E-state index contributed by atoms with van der Waals surface area (Å²) in [6.45, 7) is 3.53. The summed E-state index contributed by atoms with van der Waals surface area (Å²) in [5.74, 6) is 3.53. The van der Waals surface area contributed by atoms with Gasteiger partial charge in [-0.05, 0) is 6.92 Å². The maximum Gasteiger partial charge on any atom is 0.333 e. The lowest BCUT2D eigenvalue weighted by molar-refractivity contribution is -0.136. The van der Waals surface area contributed by atoms with Crippen LogP contribution in [0, 0.1) is 0 Å². The van der Waals surface area contributed by atoms with Crippen LogP contribution in [0.5, 0.6) is 0 Å². The highest BCUT2D eigenvalue weighted by molar-refractivity contribution is 8.06. The Morgan fingerprint density at radius 3 is 3.00 bits per heavy atom. The first-order chi connectivity index (χ1) is 7.74. The molecule has 0 aromatic heterocycles. The molecule has 0 spiro atoms. The van der Waals surface area contributed by atoms with Crippen LogP contribution >= 0.6 is 23.5 Å². The van der Waals surface area contributed by atoms with Crippen LogP contribution < -0.4 is 5.32 Å². The van der Waals surface area contributed by atoms with Crippen molar-refractivity contribution in [1.29, 1.82) is 0 Å². The van der Waals surface area contributed by atoms with Gasteiger partial charge in [0.25, 0.3) is 0 Å². The third-order valence-corrected chi connectivity index (χ3v) is 5.16. The van der Waals surface area contributed by atoms with Gasteiger partial charge in [-0.2, -0.15) is 23.5 Å². The number of nitrogens with one attached hydrogen (secondary N) is 1. The Kier molecular flexibility index (Phi) is 7.00. The molecule has 0 bridgehead atoms. The minimum Gasteiger partial charge on any atom is -0.466 e. The number of hydrogen-bond donors (Lipinski definition) is 1. The Hall–Kier alpha value is -0.130. The first kappa shape index (κ1) is 13.9. The molecule has 0 saturated carbocycles. The van der Waals surface area contributed by atoms with Crippen molar-refractivity contribution >= 4 is 29.5 Å². The number of hydrogen-bond acceptors (Lipinski definition) is 5. The highest BCUT2D eigenvalue weighted by atomic mass is 32.2. The predicted molar refractivity (Wildman–Crippen MR) is 72.2 cm³/mol. The van der Waals surface area contributed by atoms with Gasteiger partial charge in [0.15, 0.2) is 0 Å².